The summed E-state index contributed by atoms with van der Waals surface area (Å²) in [6.07, 6.45) is 1.62. The van der Waals surface area contributed by atoms with Gasteiger partial charge in [-0.1, -0.05) is 23.7 Å². The average molecular weight is 220 g/mol. The highest BCUT2D eigenvalue weighted by Crippen LogP contribution is 2.22. The van der Waals surface area contributed by atoms with E-state index in [1.165, 1.54) is 0 Å². The van der Waals surface area contributed by atoms with Crippen molar-refractivity contribution >= 4 is 11.6 Å². The lowest BCUT2D eigenvalue weighted by Crippen LogP contribution is -1.87. The molecule has 1 heterocycles. The van der Waals surface area contributed by atoms with Crippen LogP contribution >= 0.6 is 11.6 Å². The first-order chi connectivity index (χ1) is 7.24. The van der Waals surface area contributed by atoms with Crippen LogP contribution in [0.4, 0.5) is 0 Å². The molecule has 0 saturated heterocycles. The molecule has 0 spiro atoms. The Morgan fingerprint density at radius 1 is 1.20 bits per heavy atom. The van der Waals surface area contributed by atoms with E-state index in [0.29, 0.717) is 10.9 Å². The normalized spacial score (nSPS) is 10.0. The van der Waals surface area contributed by atoms with Crippen molar-refractivity contribution in [1.82, 2.24) is 4.98 Å². The van der Waals surface area contributed by atoms with Crippen LogP contribution in [-0.4, -0.2) is 4.98 Å². The summed E-state index contributed by atoms with van der Waals surface area (Å²) in [5, 5.41) is 0.618. The third-order valence-corrected chi connectivity index (χ3v) is 2.14. The number of hydrogen-bond acceptors (Lipinski definition) is 2. The van der Waals surface area contributed by atoms with Crippen molar-refractivity contribution in [1.29, 1.82) is 0 Å². The van der Waals surface area contributed by atoms with Crippen molar-refractivity contribution in [3.8, 4) is 11.6 Å². The fourth-order valence-electron chi connectivity index (χ4n) is 1.24. The third kappa shape index (κ3) is 2.70. The van der Waals surface area contributed by atoms with Crippen molar-refractivity contribution in [2.75, 3.05) is 0 Å². The molecule has 0 unspecified atom stereocenters. The number of hydrogen-bond donors (Lipinski definition) is 0. The van der Waals surface area contributed by atoms with Gasteiger partial charge in [-0.15, -0.1) is 0 Å². The van der Waals surface area contributed by atoms with Gasteiger partial charge in [0.1, 0.15) is 5.75 Å². The number of rotatable bonds is 2. The monoisotopic (exact) mass is 219 g/mol. The number of halogens is 1. The van der Waals surface area contributed by atoms with Gasteiger partial charge in [0, 0.05) is 17.3 Å². The van der Waals surface area contributed by atoms with E-state index in [4.69, 9.17) is 16.3 Å². The van der Waals surface area contributed by atoms with Crippen LogP contribution in [-0.2, 0) is 0 Å². The number of ether oxygens (including phenoxy) is 1. The van der Waals surface area contributed by atoms with Crippen molar-refractivity contribution in [2.24, 2.45) is 0 Å². The van der Waals surface area contributed by atoms with E-state index in [-0.39, 0.29) is 0 Å². The summed E-state index contributed by atoms with van der Waals surface area (Å²) in [6.45, 7) is 2.01. The van der Waals surface area contributed by atoms with Crippen molar-refractivity contribution in [3.05, 3.63) is 53.2 Å². The first-order valence-corrected chi connectivity index (χ1v) is 4.98. The molecule has 76 valence electrons. The first kappa shape index (κ1) is 9.99. The summed E-state index contributed by atoms with van der Waals surface area (Å²) < 4.78 is 5.54. The molecule has 2 nitrogen and oxygen atoms in total. The van der Waals surface area contributed by atoms with Crippen LogP contribution in [0.25, 0.3) is 0 Å². The minimum atomic E-state index is 0.508. The Labute approximate surface area is 93.5 Å². The topological polar surface area (TPSA) is 22.1 Å². The molecule has 0 aliphatic rings. The zero-order valence-corrected chi connectivity index (χ0v) is 9.03. The Bertz CT molecular complexity index is 427. The molecule has 0 amide bonds. The smallest absolute Gasteiger partial charge is 0.220 e. The van der Waals surface area contributed by atoms with Crippen LogP contribution in [0.15, 0.2) is 42.6 Å². The predicted octanol–water partition coefficient (Wildman–Crippen LogP) is 3.84. The molecular weight excluding hydrogens is 210 g/mol. The maximum absolute atomic E-state index is 5.82. The lowest BCUT2D eigenvalue weighted by molar-refractivity contribution is 0.462. The second-order valence-corrected chi connectivity index (χ2v) is 3.67. The second kappa shape index (κ2) is 4.32. The summed E-state index contributed by atoms with van der Waals surface area (Å²) in [5.74, 6) is 1.28. The zero-order valence-electron chi connectivity index (χ0n) is 8.27. The molecule has 0 aliphatic heterocycles. The molecule has 2 rings (SSSR count). The van der Waals surface area contributed by atoms with Crippen molar-refractivity contribution in [3.63, 3.8) is 0 Å². The van der Waals surface area contributed by atoms with E-state index in [9.17, 15) is 0 Å². The first-order valence-electron chi connectivity index (χ1n) is 4.60. The highest BCUT2D eigenvalue weighted by atomic mass is 35.5. The Morgan fingerprint density at radius 2 is 2.07 bits per heavy atom. The SMILES string of the molecule is Cc1cccc(Oc2cc(Cl)ccn2)c1. The van der Waals surface area contributed by atoms with Crippen molar-refractivity contribution < 1.29 is 4.74 Å². The molecular formula is C12H10ClNO. The molecule has 0 atom stereocenters. The minimum Gasteiger partial charge on any atom is -0.439 e. The van der Waals surface area contributed by atoms with Gasteiger partial charge in [-0.2, -0.15) is 0 Å². The largest absolute Gasteiger partial charge is 0.439 e. The summed E-state index contributed by atoms with van der Waals surface area (Å²) in [7, 11) is 0. The average Bonchev–Trinajstić information content (AvgIpc) is 2.17. The van der Waals surface area contributed by atoms with Crippen LogP contribution in [0.1, 0.15) is 5.56 Å². The van der Waals surface area contributed by atoms with Crippen LogP contribution in [0, 0.1) is 6.92 Å². The van der Waals surface area contributed by atoms with Gasteiger partial charge in [-0.25, -0.2) is 4.98 Å². The Kier molecular flexibility index (Phi) is 2.88. The molecule has 0 radical (unpaired) electrons. The standard InChI is InChI=1S/C12H10ClNO/c1-9-3-2-4-11(7-9)15-12-8-10(13)5-6-14-12/h2-8H,1H3. The quantitative estimate of drug-likeness (QED) is 0.766. The number of benzene rings is 1. The maximum atomic E-state index is 5.82. The van der Waals surface area contributed by atoms with E-state index in [0.717, 1.165) is 11.3 Å². The number of aryl methyl sites for hydroxylation is 1. The molecule has 0 aliphatic carbocycles. The van der Waals surface area contributed by atoms with Gasteiger partial charge in [0.25, 0.3) is 0 Å². The van der Waals surface area contributed by atoms with Crippen LogP contribution in [0.2, 0.25) is 5.02 Å². The van der Waals surface area contributed by atoms with Gasteiger partial charge < -0.3 is 4.74 Å². The molecule has 1 aromatic heterocycles. The summed E-state index contributed by atoms with van der Waals surface area (Å²) in [4.78, 5) is 4.06. The van der Waals surface area contributed by atoms with Crippen LogP contribution in [0.5, 0.6) is 11.6 Å². The summed E-state index contributed by atoms with van der Waals surface area (Å²) in [6, 6.07) is 11.2. The van der Waals surface area contributed by atoms with Gasteiger partial charge in [0.2, 0.25) is 5.88 Å². The Balaban J connectivity index is 2.22. The molecule has 2 aromatic rings. The lowest BCUT2D eigenvalue weighted by Gasteiger charge is -2.04. The molecule has 3 heteroatoms. The highest BCUT2D eigenvalue weighted by Gasteiger charge is 1.99. The molecule has 0 bridgehead atoms. The lowest BCUT2D eigenvalue weighted by atomic mass is 10.2. The molecule has 0 N–H and O–H groups in total. The van der Waals surface area contributed by atoms with Crippen LogP contribution in [0.3, 0.4) is 0 Å². The van der Waals surface area contributed by atoms with Gasteiger partial charge in [-0.05, 0) is 30.7 Å². The summed E-state index contributed by atoms with van der Waals surface area (Å²) >= 11 is 5.82. The summed E-state index contributed by atoms with van der Waals surface area (Å²) in [5.41, 5.74) is 1.15. The predicted molar refractivity (Wildman–Crippen MR) is 60.5 cm³/mol. The number of aromatic nitrogens is 1. The van der Waals surface area contributed by atoms with E-state index in [1.54, 1.807) is 18.3 Å². The molecule has 1 aromatic carbocycles. The molecule has 15 heavy (non-hydrogen) atoms. The van der Waals surface area contributed by atoms with Gasteiger partial charge >= 0.3 is 0 Å². The van der Waals surface area contributed by atoms with Crippen molar-refractivity contribution in [2.45, 2.75) is 6.92 Å². The van der Waals surface area contributed by atoms with Gasteiger partial charge in [0.15, 0.2) is 0 Å². The number of nitrogens with zero attached hydrogens (tertiary/aromatic N) is 1. The minimum absolute atomic E-state index is 0.508. The van der Waals surface area contributed by atoms with E-state index >= 15 is 0 Å². The Hall–Kier alpha value is -1.54. The fraction of sp³-hybridized carbons (Fsp3) is 0.0833. The zero-order chi connectivity index (χ0) is 10.7. The highest BCUT2D eigenvalue weighted by molar-refractivity contribution is 6.30. The van der Waals surface area contributed by atoms with Gasteiger partial charge in [0.05, 0.1) is 0 Å². The third-order valence-electron chi connectivity index (χ3n) is 1.91. The van der Waals surface area contributed by atoms with E-state index in [2.05, 4.69) is 4.98 Å². The van der Waals surface area contributed by atoms with E-state index in [1.807, 2.05) is 31.2 Å². The molecule has 0 fully saturated rings. The second-order valence-electron chi connectivity index (χ2n) is 3.23. The molecule has 0 saturated carbocycles. The van der Waals surface area contributed by atoms with E-state index < -0.39 is 0 Å². The number of pyridine rings is 1. The fourth-order valence-corrected chi connectivity index (χ4v) is 1.39. The Morgan fingerprint density at radius 3 is 2.80 bits per heavy atom. The maximum Gasteiger partial charge on any atom is 0.220 e. The van der Waals surface area contributed by atoms with Gasteiger partial charge in [-0.3, -0.25) is 0 Å². The van der Waals surface area contributed by atoms with Crippen LogP contribution < -0.4 is 4.74 Å².